The summed E-state index contributed by atoms with van der Waals surface area (Å²) in [6.07, 6.45) is -0.0250. The van der Waals surface area contributed by atoms with Crippen LogP contribution < -0.4 is 5.32 Å². The normalized spacial score (nSPS) is 10.5. The summed E-state index contributed by atoms with van der Waals surface area (Å²) in [6, 6.07) is 4.16. The molecular weight excluding hydrogens is 251 g/mol. The number of carbonyl (C=O) groups is 2. The predicted molar refractivity (Wildman–Crippen MR) is 69.5 cm³/mol. The average molecular weight is 268 g/mol. The first-order valence-corrected chi connectivity index (χ1v) is 5.85. The molecule has 0 spiro atoms. The van der Waals surface area contributed by atoms with Crippen molar-refractivity contribution in [1.29, 1.82) is 0 Å². The summed E-state index contributed by atoms with van der Waals surface area (Å²) >= 11 is 0. The van der Waals surface area contributed by atoms with E-state index in [1.54, 1.807) is 24.9 Å². The van der Waals surface area contributed by atoms with E-state index in [1.165, 1.54) is 12.1 Å². The van der Waals surface area contributed by atoms with E-state index in [0.717, 1.165) is 5.56 Å². The number of amides is 1. The molecule has 19 heavy (non-hydrogen) atoms. The molecule has 104 valence electrons. The molecule has 0 aliphatic carbocycles. The minimum absolute atomic E-state index is 0.0250. The number of benzene rings is 1. The molecule has 2 N–H and O–H groups in total. The fourth-order valence-corrected chi connectivity index (χ4v) is 1.53. The van der Waals surface area contributed by atoms with E-state index in [4.69, 9.17) is 5.11 Å². The van der Waals surface area contributed by atoms with Crippen LogP contribution in [0.25, 0.3) is 0 Å². The number of likely N-dealkylation sites (N-methyl/N-ethyl adjacent to an activating group) is 1. The molecule has 0 fully saturated rings. The lowest BCUT2D eigenvalue weighted by Crippen LogP contribution is -2.31. The summed E-state index contributed by atoms with van der Waals surface area (Å²) in [4.78, 5) is 23.7. The molecule has 0 atom stereocenters. The van der Waals surface area contributed by atoms with E-state index in [9.17, 15) is 14.0 Å². The number of carbonyl (C=O) groups excluding carboxylic acids is 1. The van der Waals surface area contributed by atoms with E-state index in [1.807, 2.05) is 0 Å². The topological polar surface area (TPSA) is 69.6 Å². The maximum absolute atomic E-state index is 13.0. The zero-order chi connectivity index (χ0) is 14.4. The number of aryl methyl sites for hydroxylation is 1. The van der Waals surface area contributed by atoms with Gasteiger partial charge in [-0.15, -0.1) is 0 Å². The summed E-state index contributed by atoms with van der Waals surface area (Å²) in [5.41, 5.74) is 1.19. The molecule has 6 heteroatoms. The molecule has 0 aliphatic heterocycles. The summed E-state index contributed by atoms with van der Waals surface area (Å²) in [5, 5.41) is 11.1. The first-order chi connectivity index (χ1) is 8.88. The number of nitrogens with one attached hydrogen (secondary N) is 1. The number of hydrogen-bond donors (Lipinski definition) is 2. The van der Waals surface area contributed by atoms with Crippen molar-refractivity contribution in [3.05, 3.63) is 29.6 Å². The Morgan fingerprint density at radius 2 is 2.11 bits per heavy atom. The van der Waals surface area contributed by atoms with Gasteiger partial charge in [0.2, 0.25) is 5.91 Å². The second-order valence-corrected chi connectivity index (χ2v) is 4.39. The van der Waals surface area contributed by atoms with Crippen LogP contribution >= 0.6 is 0 Å². The molecule has 1 amide bonds. The number of carboxylic acids is 1. The summed E-state index contributed by atoms with van der Waals surface area (Å²) in [6.45, 7) is 2.11. The molecule has 0 heterocycles. The molecule has 0 bridgehead atoms. The van der Waals surface area contributed by atoms with Gasteiger partial charge in [-0.1, -0.05) is 6.07 Å². The Morgan fingerprint density at radius 3 is 2.74 bits per heavy atom. The Labute approximate surface area is 111 Å². The van der Waals surface area contributed by atoms with Gasteiger partial charge in [-0.3, -0.25) is 14.5 Å². The van der Waals surface area contributed by atoms with Crippen LogP contribution in [-0.4, -0.2) is 42.0 Å². The quantitative estimate of drug-likeness (QED) is 0.820. The van der Waals surface area contributed by atoms with Gasteiger partial charge in [0.25, 0.3) is 0 Å². The molecule has 1 rings (SSSR count). The van der Waals surface area contributed by atoms with Crippen LogP contribution in [0, 0.1) is 12.7 Å². The number of aliphatic carboxylic acids is 1. The number of halogens is 1. The minimum Gasteiger partial charge on any atom is -0.481 e. The zero-order valence-corrected chi connectivity index (χ0v) is 10.9. The highest BCUT2D eigenvalue weighted by Crippen LogP contribution is 2.15. The van der Waals surface area contributed by atoms with Gasteiger partial charge in [0.1, 0.15) is 5.82 Å². The van der Waals surface area contributed by atoms with Crippen LogP contribution in [0.15, 0.2) is 18.2 Å². The molecule has 0 unspecified atom stereocenters. The lowest BCUT2D eigenvalue weighted by molar-refractivity contribution is -0.137. The third-order valence-electron chi connectivity index (χ3n) is 2.59. The van der Waals surface area contributed by atoms with Crippen molar-refractivity contribution >= 4 is 17.6 Å². The number of hydrogen-bond acceptors (Lipinski definition) is 3. The molecule has 5 nitrogen and oxygen atoms in total. The van der Waals surface area contributed by atoms with Crippen molar-refractivity contribution in [2.45, 2.75) is 13.3 Å². The van der Waals surface area contributed by atoms with Gasteiger partial charge in [-0.2, -0.15) is 0 Å². The predicted octanol–water partition coefficient (Wildman–Crippen LogP) is 1.48. The smallest absolute Gasteiger partial charge is 0.304 e. The monoisotopic (exact) mass is 268 g/mol. The van der Waals surface area contributed by atoms with Crippen LogP contribution in [0.5, 0.6) is 0 Å². The molecule has 1 aromatic rings. The van der Waals surface area contributed by atoms with Crippen LogP contribution in [-0.2, 0) is 9.59 Å². The standard InChI is InChI=1S/C13H17FN2O3/c1-9-3-4-10(14)7-11(9)15-12(17)8-16(2)6-5-13(18)19/h3-4,7H,5-6,8H2,1-2H3,(H,15,17)(H,18,19). The Balaban J connectivity index is 2.50. The number of anilines is 1. The van der Waals surface area contributed by atoms with Crippen molar-refractivity contribution in [2.24, 2.45) is 0 Å². The van der Waals surface area contributed by atoms with Gasteiger partial charge in [0.15, 0.2) is 0 Å². The van der Waals surface area contributed by atoms with Crippen LogP contribution in [0.4, 0.5) is 10.1 Å². The first-order valence-electron chi connectivity index (χ1n) is 5.85. The highest BCUT2D eigenvalue weighted by atomic mass is 19.1. The van der Waals surface area contributed by atoms with Gasteiger partial charge in [0, 0.05) is 12.2 Å². The molecular formula is C13H17FN2O3. The van der Waals surface area contributed by atoms with Crippen molar-refractivity contribution in [3.8, 4) is 0 Å². The Bertz CT molecular complexity index is 477. The third-order valence-corrected chi connectivity index (χ3v) is 2.59. The highest BCUT2D eigenvalue weighted by molar-refractivity contribution is 5.92. The molecule has 1 aromatic carbocycles. The third kappa shape index (κ3) is 5.48. The van der Waals surface area contributed by atoms with Crippen LogP contribution in [0.1, 0.15) is 12.0 Å². The van der Waals surface area contributed by atoms with Crippen molar-refractivity contribution in [3.63, 3.8) is 0 Å². The first kappa shape index (κ1) is 15.1. The van der Waals surface area contributed by atoms with E-state index in [-0.39, 0.29) is 25.4 Å². The average Bonchev–Trinajstić information content (AvgIpc) is 2.31. The highest BCUT2D eigenvalue weighted by Gasteiger charge is 2.10. The van der Waals surface area contributed by atoms with E-state index >= 15 is 0 Å². The van der Waals surface area contributed by atoms with E-state index in [0.29, 0.717) is 5.69 Å². The van der Waals surface area contributed by atoms with Crippen LogP contribution in [0.3, 0.4) is 0 Å². The van der Waals surface area contributed by atoms with Crippen molar-refractivity contribution in [1.82, 2.24) is 4.90 Å². The number of rotatable bonds is 6. The maximum Gasteiger partial charge on any atom is 0.304 e. The van der Waals surface area contributed by atoms with Gasteiger partial charge in [-0.05, 0) is 31.7 Å². The summed E-state index contributed by atoms with van der Waals surface area (Å²) < 4.78 is 13.0. The molecule has 0 saturated carbocycles. The fraction of sp³-hybridized carbons (Fsp3) is 0.385. The summed E-state index contributed by atoms with van der Waals surface area (Å²) in [5.74, 6) is -1.63. The largest absolute Gasteiger partial charge is 0.481 e. The van der Waals surface area contributed by atoms with Gasteiger partial charge < -0.3 is 10.4 Å². The molecule has 0 saturated heterocycles. The van der Waals surface area contributed by atoms with Gasteiger partial charge >= 0.3 is 5.97 Å². The van der Waals surface area contributed by atoms with Gasteiger partial charge in [0.05, 0.1) is 13.0 Å². The van der Waals surface area contributed by atoms with E-state index in [2.05, 4.69) is 5.32 Å². The maximum atomic E-state index is 13.0. The molecule has 0 aromatic heterocycles. The zero-order valence-electron chi connectivity index (χ0n) is 10.9. The second-order valence-electron chi connectivity index (χ2n) is 4.39. The minimum atomic E-state index is -0.909. The molecule has 0 aliphatic rings. The Morgan fingerprint density at radius 1 is 1.42 bits per heavy atom. The summed E-state index contributed by atoms with van der Waals surface area (Å²) in [7, 11) is 1.65. The fourth-order valence-electron chi connectivity index (χ4n) is 1.53. The lowest BCUT2D eigenvalue weighted by Gasteiger charge is -2.15. The lowest BCUT2D eigenvalue weighted by atomic mass is 10.2. The second kappa shape index (κ2) is 6.84. The van der Waals surface area contributed by atoms with Crippen molar-refractivity contribution in [2.75, 3.05) is 25.5 Å². The van der Waals surface area contributed by atoms with Crippen LogP contribution in [0.2, 0.25) is 0 Å². The van der Waals surface area contributed by atoms with Gasteiger partial charge in [-0.25, -0.2) is 4.39 Å². The Hall–Kier alpha value is -1.95. The Kier molecular flexibility index (Phi) is 5.44. The van der Waals surface area contributed by atoms with E-state index < -0.39 is 11.8 Å². The number of carboxylic acid groups (broad SMARTS) is 1. The number of nitrogens with zero attached hydrogens (tertiary/aromatic N) is 1. The van der Waals surface area contributed by atoms with Crippen molar-refractivity contribution < 1.29 is 19.1 Å². The SMILES string of the molecule is Cc1ccc(F)cc1NC(=O)CN(C)CCC(=O)O. The molecule has 0 radical (unpaired) electrons.